The van der Waals surface area contributed by atoms with Gasteiger partial charge in [0.1, 0.15) is 5.60 Å². The summed E-state index contributed by atoms with van der Waals surface area (Å²) in [6.45, 7) is 5.22. The van der Waals surface area contributed by atoms with Crippen molar-refractivity contribution in [1.29, 1.82) is 0 Å². The summed E-state index contributed by atoms with van der Waals surface area (Å²) in [4.78, 5) is 30.0. The lowest BCUT2D eigenvalue weighted by Gasteiger charge is -2.21. The molecule has 1 aliphatic rings. The highest BCUT2D eigenvalue weighted by Gasteiger charge is 2.38. The molecular formula is C23H20N2O4. The lowest BCUT2D eigenvalue weighted by Crippen LogP contribution is -2.27. The predicted molar refractivity (Wildman–Crippen MR) is 110 cm³/mol. The molecule has 0 unspecified atom stereocenters. The fourth-order valence-electron chi connectivity index (χ4n) is 3.37. The zero-order valence-electron chi connectivity index (χ0n) is 16.3. The molecule has 0 fully saturated rings. The van der Waals surface area contributed by atoms with Crippen LogP contribution in [-0.4, -0.2) is 33.0 Å². The lowest BCUT2D eigenvalue weighted by atomic mass is 10.0. The molecule has 6 nitrogen and oxygen atoms in total. The SMILES string of the molecule is CC(C)(C)OC(=O)n1c(O)c2c(c1-c1ccccc1)C(=O)N=C2c1ccccc1. The Morgan fingerprint density at radius 3 is 2.03 bits per heavy atom. The van der Waals surface area contributed by atoms with Crippen molar-refractivity contribution in [3.63, 3.8) is 0 Å². The number of benzene rings is 2. The fourth-order valence-corrected chi connectivity index (χ4v) is 3.37. The van der Waals surface area contributed by atoms with Crippen LogP contribution in [0.2, 0.25) is 0 Å². The molecule has 0 atom stereocenters. The van der Waals surface area contributed by atoms with Crippen LogP contribution in [0.15, 0.2) is 65.7 Å². The number of rotatable bonds is 2. The predicted octanol–water partition coefficient (Wildman–Crippen LogP) is 4.64. The zero-order chi connectivity index (χ0) is 20.8. The third-order valence-electron chi connectivity index (χ3n) is 4.48. The van der Waals surface area contributed by atoms with E-state index in [4.69, 9.17) is 4.74 Å². The Bertz CT molecular complexity index is 1140. The number of hydrogen-bond donors (Lipinski definition) is 1. The Labute approximate surface area is 168 Å². The molecule has 1 N–H and O–H groups in total. The minimum atomic E-state index is -0.771. The highest BCUT2D eigenvalue weighted by molar-refractivity contribution is 6.31. The van der Waals surface area contributed by atoms with Crippen molar-refractivity contribution in [2.45, 2.75) is 26.4 Å². The highest BCUT2D eigenvalue weighted by Crippen LogP contribution is 2.41. The minimum Gasteiger partial charge on any atom is -0.494 e. The first-order chi connectivity index (χ1) is 13.8. The molecule has 2 heterocycles. The maximum Gasteiger partial charge on any atom is 0.421 e. The number of carbonyl (C=O) groups is 2. The number of ether oxygens (including phenoxy) is 1. The van der Waals surface area contributed by atoms with Crippen LogP contribution in [0.3, 0.4) is 0 Å². The number of aliphatic imine (C=N–C) groups is 1. The summed E-state index contributed by atoms with van der Waals surface area (Å²) < 4.78 is 6.55. The Balaban J connectivity index is 1.98. The number of hydrogen-bond acceptors (Lipinski definition) is 4. The van der Waals surface area contributed by atoms with Crippen LogP contribution < -0.4 is 0 Å². The molecule has 0 radical (unpaired) electrons. The number of amides is 1. The molecule has 0 saturated heterocycles. The van der Waals surface area contributed by atoms with Gasteiger partial charge < -0.3 is 9.84 Å². The van der Waals surface area contributed by atoms with E-state index < -0.39 is 17.6 Å². The molecule has 3 aromatic rings. The Morgan fingerprint density at radius 2 is 1.48 bits per heavy atom. The number of aromatic nitrogens is 1. The third-order valence-corrected chi connectivity index (χ3v) is 4.48. The van der Waals surface area contributed by atoms with E-state index in [-0.39, 0.29) is 22.7 Å². The number of aromatic hydroxyl groups is 1. The molecule has 146 valence electrons. The Hall–Kier alpha value is -3.67. The number of fused-ring (bicyclic) bond motifs is 1. The quantitative estimate of drug-likeness (QED) is 0.694. The molecule has 1 amide bonds. The fraction of sp³-hybridized carbons (Fsp3) is 0.174. The Morgan fingerprint density at radius 1 is 0.931 bits per heavy atom. The van der Waals surface area contributed by atoms with Crippen LogP contribution in [0.1, 0.15) is 42.3 Å². The molecule has 1 aliphatic heterocycles. The highest BCUT2D eigenvalue weighted by atomic mass is 16.6. The van der Waals surface area contributed by atoms with Crippen LogP contribution in [0, 0.1) is 0 Å². The molecule has 6 heteroatoms. The molecule has 4 rings (SSSR count). The van der Waals surface area contributed by atoms with E-state index in [9.17, 15) is 14.7 Å². The summed E-state index contributed by atoms with van der Waals surface area (Å²) in [6.07, 6.45) is -0.761. The summed E-state index contributed by atoms with van der Waals surface area (Å²) >= 11 is 0. The van der Waals surface area contributed by atoms with Gasteiger partial charge in [0, 0.05) is 5.56 Å². The van der Waals surface area contributed by atoms with Gasteiger partial charge in [-0.1, -0.05) is 60.7 Å². The van der Waals surface area contributed by atoms with Gasteiger partial charge in [0.05, 0.1) is 22.5 Å². The van der Waals surface area contributed by atoms with Crippen LogP contribution in [-0.2, 0) is 4.74 Å². The molecule has 0 aliphatic carbocycles. The van der Waals surface area contributed by atoms with E-state index >= 15 is 0 Å². The van der Waals surface area contributed by atoms with E-state index in [1.54, 1.807) is 57.2 Å². The number of carbonyl (C=O) groups excluding carboxylic acids is 2. The standard InChI is InChI=1S/C23H20N2O4/c1-23(2,3)29-22(28)25-19(15-12-8-5-9-13-15)17-16(21(25)27)18(24-20(17)26)14-10-6-4-7-11-14/h4-13,27H,1-3H3. The first-order valence-corrected chi connectivity index (χ1v) is 9.23. The largest absolute Gasteiger partial charge is 0.494 e. The number of nitrogens with zero attached hydrogens (tertiary/aromatic N) is 2. The van der Waals surface area contributed by atoms with Crippen molar-refractivity contribution < 1.29 is 19.4 Å². The first-order valence-electron chi connectivity index (χ1n) is 9.23. The smallest absolute Gasteiger partial charge is 0.421 e. The van der Waals surface area contributed by atoms with Gasteiger partial charge in [0.15, 0.2) is 0 Å². The molecule has 2 aromatic carbocycles. The third kappa shape index (κ3) is 3.23. The maximum absolute atomic E-state index is 13.0. The molecule has 0 bridgehead atoms. The van der Waals surface area contributed by atoms with Crippen LogP contribution in [0.25, 0.3) is 11.3 Å². The average molecular weight is 388 g/mol. The van der Waals surface area contributed by atoms with Crippen molar-refractivity contribution in [3.05, 3.63) is 77.4 Å². The second-order valence-corrected chi connectivity index (χ2v) is 7.74. The van der Waals surface area contributed by atoms with Gasteiger partial charge in [-0.25, -0.2) is 14.4 Å². The zero-order valence-corrected chi connectivity index (χ0v) is 16.3. The topological polar surface area (TPSA) is 80.9 Å². The molecule has 0 spiro atoms. The van der Waals surface area contributed by atoms with E-state index in [1.165, 1.54) is 0 Å². The van der Waals surface area contributed by atoms with E-state index in [0.29, 0.717) is 16.8 Å². The van der Waals surface area contributed by atoms with Gasteiger partial charge >= 0.3 is 6.09 Å². The molecular weight excluding hydrogens is 368 g/mol. The van der Waals surface area contributed by atoms with Crippen molar-refractivity contribution in [2.24, 2.45) is 4.99 Å². The van der Waals surface area contributed by atoms with Crippen molar-refractivity contribution >= 4 is 17.7 Å². The lowest BCUT2D eigenvalue weighted by molar-refractivity contribution is 0.0528. The monoisotopic (exact) mass is 388 g/mol. The van der Waals surface area contributed by atoms with Crippen LogP contribution in [0.5, 0.6) is 5.88 Å². The second kappa shape index (κ2) is 6.74. The van der Waals surface area contributed by atoms with E-state index in [0.717, 1.165) is 4.57 Å². The van der Waals surface area contributed by atoms with Gasteiger partial charge in [-0.05, 0) is 26.3 Å². The van der Waals surface area contributed by atoms with Crippen LogP contribution >= 0.6 is 0 Å². The maximum atomic E-state index is 13.0. The van der Waals surface area contributed by atoms with Crippen molar-refractivity contribution in [3.8, 4) is 17.1 Å². The molecule has 1 aromatic heterocycles. The summed E-state index contributed by atoms with van der Waals surface area (Å²) in [6, 6.07) is 18.0. The van der Waals surface area contributed by atoms with Gasteiger partial charge in [-0.15, -0.1) is 0 Å². The van der Waals surface area contributed by atoms with E-state index in [2.05, 4.69) is 4.99 Å². The Kier molecular flexibility index (Phi) is 4.34. The first kappa shape index (κ1) is 18.7. The van der Waals surface area contributed by atoms with Gasteiger partial charge in [0.25, 0.3) is 5.91 Å². The summed E-state index contributed by atoms with van der Waals surface area (Å²) in [7, 11) is 0. The average Bonchev–Trinajstić information content (AvgIpc) is 3.18. The normalized spacial score (nSPS) is 13.2. The molecule has 0 saturated carbocycles. The van der Waals surface area contributed by atoms with Gasteiger partial charge in [-0.2, -0.15) is 0 Å². The summed E-state index contributed by atoms with van der Waals surface area (Å²) in [5.74, 6) is -0.864. The van der Waals surface area contributed by atoms with Gasteiger partial charge in [0.2, 0.25) is 5.88 Å². The van der Waals surface area contributed by atoms with Gasteiger partial charge in [-0.3, -0.25) is 4.79 Å². The van der Waals surface area contributed by atoms with Crippen molar-refractivity contribution in [1.82, 2.24) is 4.57 Å². The minimum absolute atomic E-state index is 0.193. The summed E-state index contributed by atoms with van der Waals surface area (Å²) in [5, 5.41) is 11.0. The molecule has 29 heavy (non-hydrogen) atoms. The van der Waals surface area contributed by atoms with Crippen molar-refractivity contribution in [2.75, 3.05) is 0 Å². The summed E-state index contributed by atoms with van der Waals surface area (Å²) in [5.41, 5.74) is 1.55. The second-order valence-electron chi connectivity index (χ2n) is 7.74. The van der Waals surface area contributed by atoms with Crippen LogP contribution in [0.4, 0.5) is 4.79 Å². The van der Waals surface area contributed by atoms with E-state index in [1.807, 2.05) is 24.3 Å².